The van der Waals surface area contributed by atoms with Crippen molar-refractivity contribution in [2.24, 2.45) is 0 Å². The third-order valence-electron chi connectivity index (χ3n) is 4.93. The molecule has 1 saturated carbocycles. The van der Waals surface area contributed by atoms with Crippen LogP contribution in [0, 0.1) is 13.8 Å². The second-order valence-electron chi connectivity index (χ2n) is 6.67. The molecule has 1 aromatic heterocycles. The quantitative estimate of drug-likeness (QED) is 0.929. The van der Waals surface area contributed by atoms with Gasteiger partial charge in [-0.25, -0.2) is 0 Å². The van der Waals surface area contributed by atoms with Crippen LogP contribution in [0.15, 0.2) is 0 Å². The Hall–Kier alpha value is -1.07. The highest BCUT2D eigenvalue weighted by Crippen LogP contribution is 2.39. The lowest BCUT2D eigenvalue weighted by Gasteiger charge is -2.32. The zero-order chi connectivity index (χ0) is 15.7. The van der Waals surface area contributed by atoms with Gasteiger partial charge in [0.05, 0.1) is 34.7 Å². The summed E-state index contributed by atoms with van der Waals surface area (Å²) in [5.41, 5.74) is 1.62. The minimum absolute atomic E-state index is 0.0243. The first kappa shape index (κ1) is 15.8. The van der Waals surface area contributed by atoms with E-state index in [9.17, 15) is 4.79 Å². The number of carbonyl (C=O) groups excluding carboxylic acids is 1. The summed E-state index contributed by atoms with van der Waals surface area (Å²) in [6.45, 7) is 4.57. The first-order valence-electron chi connectivity index (χ1n) is 8.12. The summed E-state index contributed by atoms with van der Waals surface area (Å²) < 4.78 is 7.70. The molecule has 6 heteroatoms. The number of hydrogen-bond acceptors (Lipinski definition) is 3. The van der Waals surface area contributed by atoms with Crippen molar-refractivity contribution in [2.45, 2.75) is 70.6 Å². The molecule has 1 aliphatic heterocycles. The average Bonchev–Trinajstić information content (AvgIpc) is 2.97. The van der Waals surface area contributed by atoms with Crippen molar-refractivity contribution in [1.82, 2.24) is 15.1 Å². The van der Waals surface area contributed by atoms with E-state index >= 15 is 0 Å². The van der Waals surface area contributed by atoms with Crippen LogP contribution in [0.4, 0.5) is 0 Å². The van der Waals surface area contributed by atoms with E-state index in [1.807, 2.05) is 13.8 Å². The summed E-state index contributed by atoms with van der Waals surface area (Å²) in [4.78, 5) is 12.2. The highest BCUT2D eigenvalue weighted by atomic mass is 35.5. The summed E-state index contributed by atoms with van der Waals surface area (Å²) in [6.07, 6.45) is 6.99. The second-order valence-corrected chi connectivity index (χ2v) is 7.04. The number of amides is 1. The molecule has 1 N–H and O–H groups in total. The standard InChI is InChI=1S/C16H24ClN3O2/c1-11-15(17)12(2)20(19-11)9-14(21)18-13-8-16(22-10-13)6-4-3-5-7-16/h13H,3-10H2,1-2H3,(H,18,21). The fourth-order valence-corrected chi connectivity index (χ4v) is 3.86. The molecule has 0 radical (unpaired) electrons. The summed E-state index contributed by atoms with van der Waals surface area (Å²) in [7, 11) is 0. The van der Waals surface area contributed by atoms with Gasteiger partial charge in [-0.1, -0.05) is 30.9 Å². The summed E-state index contributed by atoms with van der Waals surface area (Å²) >= 11 is 6.11. The molecule has 0 bridgehead atoms. The Labute approximate surface area is 136 Å². The molecule has 0 aromatic carbocycles. The van der Waals surface area contributed by atoms with Crippen LogP contribution < -0.4 is 5.32 Å². The van der Waals surface area contributed by atoms with Crippen molar-refractivity contribution < 1.29 is 9.53 Å². The maximum atomic E-state index is 12.2. The number of nitrogens with zero attached hydrogens (tertiary/aromatic N) is 2. The lowest BCUT2D eigenvalue weighted by atomic mass is 9.82. The van der Waals surface area contributed by atoms with Crippen molar-refractivity contribution >= 4 is 17.5 Å². The first-order valence-corrected chi connectivity index (χ1v) is 8.50. The smallest absolute Gasteiger partial charge is 0.242 e. The molecule has 1 spiro atoms. The minimum Gasteiger partial charge on any atom is -0.373 e. The van der Waals surface area contributed by atoms with Crippen LogP contribution in [0.25, 0.3) is 0 Å². The van der Waals surface area contributed by atoms with E-state index in [1.165, 1.54) is 19.3 Å². The highest BCUT2D eigenvalue weighted by molar-refractivity contribution is 6.31. The molecule has 1 amide bonds. The lowest BCUT2D eigenvalue weighted by Crippen LogP contribution is -2.39. The number of nitrogens with one attached hydrogen (secondary N) is 1. The maximum Gasteiger partial charge on any atom is 0.242 e. The average molecular weight is 326 g/mol. The Balaban J connectivity index is 1.55. The van der Waals surface area contributed by atoms with Crippen LogP contribution in [0.2, 0.25) is 5.02 Å². The lowest BCUT2D eigenvalue weighted by molar-refractivity contribution is -0.122. The van der Waals surface area contributed by atoms with Crippen molar-refractivity contribution in [3.05, 3.63) is 16.4 Å². The van der Waals surface area contributed by atoms with Crippen LogP contribution in [0.1, 0.15) is 49.9 Å². The molecule has 122 valence electrons. The molecule has 1 unspecified atom stereocenters. The molecule has 5 nitrogen and oxygen atoms in total. The maximum absolute atomic E-state index is 12.2. The van der Waals surface area contributed by atoms with E-state index in [-0.39, 0.29) is 24.1 Å². The molecule has 22 heavy (non-hydrogen) atoms. The van der Waals surface area contributed by atoms with Gasteiger partial charge in [0.25, 0.3) is 0 Å². The number of ether oxygens (including phenoxy) is 1. The van der Waals surface area contributed by atoms with Crippen LogP contribution in [0.3, 0.4) is 0 Å². The Bertz CT molecular complexity index is 564. The van der Waals surface area contributed by atoms with Crippen molar-refractivity contribution in [3.8, 4) is 0 Å². The van der Waals surface area contributed by atoms with Crippen molar-refractivity contribution in [2.75, 3.05) is 6.61 Å². The molecule has 1 aromatic rings. The Morgan fingerprint density at radius 1 is 1.41 bits per heavy atom. The Morgan fingerprint density at radius 2 is 2.14 bits per heavy atom. The van der Waals surface area contributed by atoms with Gasteiger partial charge in [-0.2, -0.15) is 5.10 Å². The molecule has 3 rings (SSSR count). The van der Waals surface area contributed by atoms with Crippen LogP contribution in [0.5, 0.6) is 0 Å². The third kappa shape index (κ3) is 3.15. The van der Waals surface area contributed by atoms with Crippen molar-refractivity contribution in [1.29, 1.82) is 0 Å². The van der Waals surface area contributed by atoms with Gasteiger partial charge in [0.15, 0.2) is 0 Å². The third-order valence-corrected chi connectivity index (χ3v) is 5.47. The van der Waals surface area contributed by atoms with E-state index in [2.05, 4.69) is 10.4 Å². The zero-order valence-electron chi connectivity index (χ0n) is 13.3. The SMILES string of the molecule is Cc1nn(CC(=O)NC2COC3(CCCCC3)C2)c(C)c1Cl. The van der Waals surface area contributed by atoms with Gasteiger partial charge in [0.1, 0.15) is 6.54 Å². The molecule has 1 saturated heterocycles. The molecule has 1 atom stereocenters. The van der Waals surface area contributed by atoms with E-state index in [0.29, 0.717) is 11.6 Å². The van der Waals surface area contributed by atoms with Gasteiger partial charge in [0, 0.05) is 0 Å². The number of hydrogen-bond donors (Lipinski definition) is 1. The fraction of sp³-hybridized carbons (Fsp3) is 0.750. The monoisotopic (exact) mass is 325 g/mol. The van der Waals surface area contributed by atoms with Gasteiger partial charge in [0.2, 0.25) is 5.91 Å². The number of carbonyl (C=O) groups is 1. The van der Waals surface area contributed by atoms with Crippen molar-refractivity contribution in [3.63, 3.8) is 0 Å². The molecule has 2 heterocycles. The largest absolute Gasteiger partial charge is 0.373 e. The predicted molar refractivity (Wildman–Crippen MR) is 85.0 cm³/mol. The number of aryl methyl sites for hydroxylation is 1. The van der Waals surface area contributed by atoms with Gasteiger partial charge in [-0.05, 0) is 33.1 Å². The highest BCUT2D eigenvalue weighted by Gasteiger charge is 2.41. The van der Waals surface area contributed by atoms with Gasteiger partial charge >= 0.3 is 0 Å². The number of rotatable bonds is 3. The minimum atomic E-state index is -0.0243. The topological polar surface area (TPSA) is 56.2 Å². The number of halogens is 1. The predicted octanol–water partition coefficient (Wildman–Crippen LogP) is 2.76. The molecule has 1 aliphatic carbocycles. The normalized spacial score (nSPS) is 23.9. The Kier molecular flexibility index (Phi) is 4.46. The summed E-state index contributed by atoms with van der Waals surface area (Å²) in [6, 6.07) is 0.123. The Morgan fingerprint density at radius 3 is 2.77 bits per heavy atom. The second kappa shape index (κ2) is 6.20. The van der Waals surface area contributed by atoms with Gasteiger partial charge < -0.3 is 10.1 Å². The summed E-state index contributed by atoms with van der Waals surface area (Å²) in [5.74, 6) is -0.0243. The first-order chi connectivity index (χ1) is 10.5. The molecule has 2 fully saturated rings. The van der Waals surface area contributed by atoms with Crippen LogP contribution in [-0.4, -0.2) is 33.9 Å². The molecule has 2 aliphatic rings. The van der Waals surface area contributed by atoms with Crippen LogP contribution >= 0.6 is 11.6 Å². The van der Waals surface area contributed by atoms with Crippen LogP contribution in [-0.2, 0) is 16.1 Å². The summed E-state index contributed by atoms with van der Waals surface area (Å²) in [5, 5.41) is 8.02. The van der Waals surface area contributed by atoms with E-state index < -0.39 is 0 Å². The molecular formula is C16H24ClN3O2. The van der Waals surface area contributed by atoms with Gasteiger partial charge in [-0.3, -0.25) is 9.48 Å². The number of aromatic nitrogens is 2. The van der Waals surface area contributed by atoms with Gasteiger partial charge in [-0.15, -0.1) is 0 Å². The fourth-order valence-electron chi connectivity index (χ4n) is 3.72. The van der Waals surface area contributed by atoms with E-state index in [1.54, 1.807) is 4.68 Å². The molecular weight excluding hydrogens is 302 g/mol. The van der Waals surface area contributed by atoms with E-state index in [4.69, 9.17) is 16.3 Å². The van der Waals surface area contributed by atoms with E-state index in [0.717, 1.165) is 30.7 Å². The zero-order valence-corrected chi connectivity index (χ0v) is 14.1.